The Labute approximate surface area is 125 Å². The molecule has 108 valence electrons. The molecule has 5 heteroatoms. The molecular weight excluding hydrogens is 274 g/mol. The van der Waals surface area contributed by atoms with Crippen LogP contribution in [-0.4, -0.2) is 11.7 Å². The second-order valence-electron chi connectivity index (χ2n) is 4.48. The predicted octanol–water partition coefficient (Wildman–Crippen LogP) is 2.42. The second-order valence-corrected chi connectivity index (χ2v) is 4.48. The monoisotopic (exact) mass is 293 g/mol. The maximum absolute atomic E-state index is 8.98. The lowest BCUT2D eigenvalue weighted by Gasteiger charge is -2.10. The third-order valence-corrected chi connectivity index (χ3v) is 3.00. The fourth-order valence-corrected chi connectivity index (χ4v) is 1.89. The molecule has 0 fully saturated rings. The SMILES string of the molecule is Cl.Nc1ccc(CNc2ccc(N)c(CCO)c2)cc1. The van der Waals surface area contributed by atoms with E-state index in [0.717, 1.165) is 29.0 Å². The zero-order chi connectivity index (χ0) is 13.7. The molecule has 0 atom stereocenters. The summed E-state index contributed by atoms with van der Waals surface area (Å²) >= 11 is 0. The number of aliphatic hydroxyl groups excluding tert-OH is 1. The lowest BCUT2D eigenvalue weighted by atomic mass is 10.1. The zero-order valence-corrected chi connectivity index (χ0v) is 12.0. The topological polar surface area (TPSA) is 84.3 Å². The number of aliphatic hydroxyl groups is 1. The number of halogens is 1. The lowest BCUT2D eigenvalue weighted by Crippen LogP contribution is -2.03. The molecule has 0 spiro atoms. The van der Waals surface area contributed by atoms with Crippen molar-refractivity contribution in [2.75, 3.05) is 23.4 Å². The molecule has 0 radical (unpaired) electrons. The minimum atomic E-state index is 0. The minimum absolute atomic E-state index is 0. The Bertz CT molecular complexity index is 543. The fourth-order valence-electron chi connectivity index (χ4n) is 1.89. The van der Waals surface area contributed by atoms with Crippen LogP contribution in [0.25, 0.3) is 0 Å². The smallest absolute Gasteiger partial charge is 0.0472 e. The lowest BCUT2D eigenvalue weighted by molar-refractivity contribution is 0.300. The van der Waals surface area contributed by atoms with Gasteiger partial charge in [-0.05, 0) is 47.9 Å². The van der Waals surface area contributed by atoms with E-state index in [-0.39, 0.29) is 19.0 Å². The maximum atomic E-state index is 8.98. The van der Waals surface area contributed by atoms with E-state index in [1.54, 1.807) is 0 Å². The van der Waals surface area contributed by atoms with Gasteiger partial charge in [-0.3, -0.25) is 0 Å². The van der Waals surface area contributed by atoms with E-state index in [9.17, 15) is 0 Å². The number of benzene rings is 2. The van der Waals surface area contributed by atoms with E-state index >= 15 is 0 Å². The number of nitrogens with two attached hydrogens (primary N) is 2. The maximum Gasteiger partial charge on any atom is 0.0472 e. The highest BCUT2D eigenvalue weighted by atomic mass is 35.5. The van der Waals surface area contributed by atoms with Gasteiger partial charge in [0.25, 0.3) is 0 Å². The molecule has 0 unspecified atom stereocenters. The van der Waals surface area contributed by atoms with E-state index < -0.39 is 0 Å². The van der Waals surface area contributed by atoms with Crippen LogP contribution in [0.4, 0.5) is 17.1 Å². The summed E-state index contributed by atoms with van der Waals surface area (Å²) in [5.41, 5.74) is 16.1. The number of hydrogen-bond acceptors (Lipinski definition) is 4. The Morgan fingerprint density at radius 3 is 2.35 bits per heavy atom. The van der Waals surface area contributed by atoms with Gasteiger partial charge in [0.1, 0.15) is 0 Å². The Morgan fingerprint density at radius 2 is 1.70 bits per heavy atom. The number of nitrogens with one attached hydrogen (secondary N) is 1. The van der Waals surface area contributed by atoms with Gasteiger partial charge in [-0.15, -0.1) is 12.4 Å². The zero-order valence-electron chi connectivity index (χ0n) is 11.2. The summed E-state index contributed by atoms with van der Waals surface area (Å²) in [6.07, 6.45) is 0.573. The highest BCUT2D eigenvalue weighted by Gasteiger charge is 2.01. The van der Waals surface area contributed by atoms with Crippen molar-refractivity contribution in [3.05, 3.63) is 53.6 Å². The molecule has 0 aliphatic rings. The molecule has 0 saturated heterocycles. The molecule has 2 rings (SSSR count). The molecule has 20 heavy (non-hydrogen) atoms. The van der Waals surface area contributed by atoms with Crippen molar-refractivity contribution in [3.63, 3.8) is 0 Å². The van der Waals surface area contributed by atoms with Crippen LogP contribution in [0.2, 0.25) is 0 Å². The third kappa shape index (κ3) is 4.33. The Kier molecular flexibility index (Phi) is 6.15. The molecule has 0 saturated carbocycles. The van der Waals surface area contributed by atoms with Crippen LogP contribution in [0.15, 0.2) is 42.5 Å². The summed E-state index contributed by atoms with van der Waals surface area (Å²) < 4.78 is 0. The molecule has 6 N–H and O–H groups in total. The van der Waals surface area contributed by atoms with Crippen LogP contribution < -0.4 is 16.8 Å². The molecule has 2 aromatic rings. The fraction of sp³-hybridized carbons (Fsp3) is 0.200. The molecule has 0 aromatic heterocycles. The first-order valence-corrected chi connectivity index (χ1v) is 6.26. The first-order chi connectivity index (χ1) is 9.19. The summed E-state index contributed by atoms with van der Waals surface area (Å²) in [6.45, 7) is 0.828. The Hall–Kier alpha value is -1.91. The summed E-state index contributed by atoms with van der Waals surface area (Å²) in [5, 5.41) is 12.3. The van der Waals surface area contributed by atoms with Crippen LogP contribution in [0, 0.1) is 0 Å². The molecule has 0 aliphatic heterocycles. The largest absolute Gasteiger partial charge is 0.399 e. The van der Waals surface area contributed by atoms with Crippen LogP contribution in [0.3, 0.4) is 0 Å². The van der Waals surface area contributed by atoms with Gasteiger partial charge in [0.2, 0.25) is 0 Å². The summed E-state index contributed by atoms with van der Waals surface area (Å²) in [4.78, 5) is 0. The first-order valence-electron chi connectivity index (χ1n) is 6.26. The summed E-state index contributed by atoms with van der Waals surface area (Å²) in [5.74, 6) is 0. The van der Waals surface area contributed by atoms with Crippen molar-refractivity contribution in [2.45, 2.75) is 13.0 Å². The minimum Gasteiger partial charge on any atom is -0.399 e. The second kappa shape index (κ2) is 7.62. The average Bonchev–Trinajstić information content (AvgIpc) is 2.42. The standard InChI is InChI=1S/C15H19N3O.ClH/c16-13-3-1-11(2-4-13)10-18-14-5-6-15(17)12(9-14)7-8-19;/h1-6,9,18-19H,7-8,10,16-17H2;1H. The average molecular weight is 294 g/mol. The van der Waals surface area contributed by atoms with Gasteiger partial charge >= 0.3 is 0 Å². The predicted molar refractivity (Wildman–Crippen MR) is 87.1 cm³/mol. The summed E-state index contributed by atoms with van der Waals surface area (Å²) in [7, 11) is 0. The van der Waals surface area contributed by atoms with Crippen molar-refractivity contribution in [3.8, 4) is 0 Å². The van der Waals surface area contributed by atoms with Gasteiger partial charge in [-0.2, -0.15) is 0 Å². The molecule has 0 heterocycles. The van der Waals surface area contributed by atoms with Crippen molar-refractivity contribution in [1.82, 2.24) is 0 Å². The molecule has 4 nitrogen and oxygen atoms in total. The van der Waals surface area contributed by atoms with E-state index in [2.05, 4.69) is 5.32 Å². The number of nitrogen functional groups attached to an aromatic ring is 2. The van der Waals surface area contributed by atoms with Gasteiger partial charge in [0.15, 0.2) is 0 Å². The van der Waals surface area contributed by atoms with Gasteiger partial charge in [-0.1, -0.05) is 12.1 Å². The van der Waals surface area contributed by atoms with Crippen molar-refractivity contribution in [1.29, 1.82) is 0 Å². The van der Waals surface area contributed by atoms with E-state index in [4.69, 9.17) is 16.6 Å². The van der Waals surface area contributed by atoms with Gasteiger partial charge < -0.3 is 21.9 Å². The van der Waals surface area contributed by atoms with Crippen molar-refractivity contribution >= 4 is 29.5 Å². The van der Waals surface area contributed by atoms with Gasteiger partial charge in [0.05, 0.1) is 0 Å². The van der Waals surface area contributed by atoms with E-state index in [1.807, 2.05) is 42.5 Å². The molecule has 0 amide bonds. The number of anilines is 3. The molecule has 0 aliphatic carbocycles. The highest BCUT2D eigenvalue weighted by molar-refractivity contribution is 5.85. The Morgan fingerprint density at radius 1 is 1.00 bits per heavy atom. The van der Waals surface area contributed by atoms with Crippen molar-refractivity contribution in [2.24, 2.45) is 0 Å². The van der Waals surface area contributed by atoms with Crippen LogP contribution in [0.5, 0.6) is 0 Å². The van der Waals surface area contributed by atoms with Crippen molar-refractivity contribution < 1.29 is 5.11 Å². The quantitative estimate of drug-likeness (QED) is 0.638. The highest BCUT2D eigenvalue weighted by Crippen LogP contribution is 2.19. The van der Waals surface area contributed by atoms with Gasteiger partial charge in [0, 0.05) is 30.2 Å². The molecular formula is C15H20ClN3O. The van der Waals surface area contributed by atoms with Crippen LogP contribution in [0.1, 0.15) is 11.1 Å². The van der Waals surface area contributed by atoms with Gasteiger partial charge in [-0.25, -0.2) is 0 Å². The normalized spacial score (nSPS) is 9.85. The first kappa shape index (κ1) is 16.1. The molecule has 2 aromatic carbocycles. The molecule has 0 bridgehead atoms. The van der Waals surface area contributed by atoms with Crippen LogP contribution in [-0.2, 0) is 13.0 Å². The third-order valence-electron chi connectivity index (χ3n) is 3.00. The number of hydrogen-bond donors (Lipinski definition) is 4. The number of rotatable bonds is 5. The van der Waals surface area contributed by atoms with E-state index in [0.29, 0.717) is 12.1 Å². The van der Waals surface area contributed by atoms with E-state index in [1.165, 1.54) is 0 Å². The summed E-state index contributed by atoms with van der Waals surface area (Å²) in [6, 6.07) is 13.5. The Balaban J connectivity index is 0.00000200. The van der Waals surface area contributed by atoms with Crippen LogP contribution >= 0.6 is 12.4 Å².